The van der Waals surface area contributed by atoms with Gasteiger partial charge in [-0.25, -0.2) is 18.5 Å². The third kappa shape index (κ3) is 4.26. The lowest BCUT2D eigenvalue weighted by molar-refractivity contribution is 0.00449. The molecule has 0 aliphatic carbocycles. The van der Waals surface area contributed by atoms with Crippen LogP contribution in [0.2, 0.25) is 0 Å². The second kappa shape index (κ2) is 8.33. The van der Waals surface area contributed by atoms with Gasteiger partial charge in [-0.1, -0.05) is 0 Å². The van der Waals surface area contributed by atoms with E-state index in [4.69, 9.17) is 4.74 Å². The number of aromatic amines is 1. The summed E-state index contributed by atoms with van der Waals surface area (Å²) in [6.45, 7) is 7.61. The fourth-order valence-electron chi connectivity index (χ4n) is 4.37. The van der Waals surface area contributed by atoms with Crippen molar-refractivity contribution in [3.8, 4) is 11.4 Å². The van der Waals surface area contributed by atoms with E-state index in [1.54, 1.807) is 6.20 Å². The van der Waals surface area contributed by atoms with Crippen LogP contribution in [0.25, 0.3) is 11.4 Å². The summed E-state index contributed by atoms with van der Waals surface area (Å²) < 4.78 is 30.1. The Kier molecular flexibility index (Phi) is 5.79. The molecule has 1 N–H and O–H groups in total. The first kappa shape index (κ1) is 20.2. The van der Waals surface area contributed by atoms with Crippen molar-refractivity contribution in [1.82, 2.24) is 30.5 Å². The first-order valence-corrected chi connectivity index (χ1v) is 11.8. The molecule has 4 heterocycles. The minimum absolute atomic E-state index is 0.00245. The lowest BCUT2D eigenvalue weighted by Crippen LogP contribution is -2.48. The van der Waals surface area contributed by atoms with Crippen molar-refractivity contribution < 1.29 is 13.2 Å². The first-order valence-electron chi connectivity index (χ1n) is 9.95. The number of anilines is 1. The number of nitrogens with one attached hydrogen (secondary N) is 1. The Morgan fingerprint density at radius 1 is 1.21 bits per heavy atom. The zero-order valence-electron chi connectivity index (χ0n) is 16.8. The Hall–Kier alpha value is -2.11. The number of ether oxygens (including phenoxy) is 1. The van der Waals surface area contributed by atoms with E-state index in [2.05, 4.69) is 42.3 Å². The van der Waals surface area contributed by atoms with Gasteiger partial charge < -0.3 is 9.64 Å². The van der Waals surface area contributed by atoms with Crippen molar-refractivity contribution in [2.75, 3.05) is 50.5 Å². The van der Waals surface area contributed by atoms with Crippen molar-refractivity contribution in [1.29, 1.82) is 0 Å². The summed E-state index contributed by atoms with van der Waals surface area (Å²) in [6, 6.07) is 2.36. The average molecular weight is 422 g/mol. The molecule has 0 spiro atoms. The topological polar surface area (TPSA) is 117 Å². The molecular formula is C18H27N7O3S. The van der Waals surface area contributed by atoms with Crippen LogP contribution in [0.4, 0.5) is 5.69 Å². The van der Waals surface area contributed by atoms with Gasteiger partial charge in [0.15, 0.2) is 20.7 Å². The molecule has 2 aromatic rings. The molecule has 2 fully saturated rings. The molecule has 0 bridgehead atoms. The molecule has 10 nitrogen and oxygen atoms in total. The maximum atomic E-state index is 12.3. The van der Waals surface area contributed by atoms with E-state index >= 15 is 0 Å². The minimum Gasteiger partial charge on any atom is -0.379 e. The van der Waals surface area contributed by atoms with Gasteiger partial charge in [-0.3, -0.25) is 4.90 Å². The van der Waals surface area contributed by atoms with Crippen LogP contribution < -0.4 is 4.90 Å². The van der Waals surface area contributed by atoms with E-state index in [1.165, 1.54) is 0 Å². The molecule has 0 aromatic carbocycles. The molecule has 2 aliphatic rings. The molecule has 2 aromatic heterocycles. The van der Waals surface area contributed by atoms with Crippen LogP contribution >= 0.6 is 0 Å². The average Bonchev–Trinajstić information content (AvgIpc) is 3.27. The molecule has 0 amide bonds. The summed E-state index contributed by atoms with van der Waals surface area (Å²) in [5, 5.41) is 13.9. The predicted molar refractivity (Wildman–Crippen MR) is 107 cm³/mol. The summed E-state index contributed by atoms with van der Waals surface area (Å²) >= 11 is 0. The third-order valence-electron chi connectivity index (χ3n) is 6.01. The lowest BCUT2D eigenvalue weighted by atomic mass is 9.88. The Labute approximate surface area is 170 Å². The van der Waals surface area contributed by atoms with Gasteiger partial charge in [0.2, 0.25) is 0 Å². The fourth-order valence-corrected chi connectivity index (χ4v) is 5.20. The van der Waals surface area contributed by atoms with E-state index in [-0.39, 0.29) is 5.03 Å². The maximum absolute atomic E-state index is 12.3. The SMILES string of the molecule is CC(C1CCN(c2ccnc(S(C)(=O)=O)c2-c2nnn[nH]2)CC1)N1CCOCC1. The highest BCUT2D eigenvalue weighted by molar-refractivity contribution is 7.90. The zero-order valence-corrected chi connectivity index (χ0v) is 17.6. The predicted octanol–water partition coefficient (Wildman–Crippen LogP) is 0.602. The van der Waals surface area contributed by atoms with Crippen LogP contribution in [-0.2, 0) is 14.6 Å². The molecular weight excluding hydrogens is 394 g/mol. The molecule has 11 heteroatoms. The van der Waals surface area contributed by atoms with Gasteiger partial charge in [0.05, 0.1) is 24.5 Å². The Balaban J connectivity index is 1.56. The number of hydrogen-bond donors (Lipinski definition) is 1. The van der Waals surface area contributed by atoms with Crippen molar-refractivity contribution in [3.05, 3.63) is 12.3 Å². The number of pyridine rings is 1. The molecule has 1 unspecified atom stereocenters. The van der Waals surface area contributed by atoms with Crippen molar-refractivity contribution in [3.63, 3.8) is 0 Å². The van der Waals surface area contributed by atoms with Crippen molar-refractivity contribution in [2.45, 2.75) is 30.8 Å². The van der Waals surface area contributed by atoms with E-state index in [9.17, 15) is 8.42 Å². The van der Waals surface area contributed by atoms with Gasteiger partial charge >= 0.3 is 0 Å². The molecule has 0 saturated carbocycles. The number of hydrogen-bond acceptors (Lipinski definition) is 9. The Morgan fingerprint density at radius 2 is 1.93 bits per heavy atom. The Morgan fingerprint density at radius 3 is 2.55 bits per heavy atom. The second-order valence-corrected chi connectivity index (χ2v) is 9.68. The van der Waals surface area contributed by atoms with Gasteiger partial charge in [0.1, 0.15) is 0 Å². The largest absolute Gasteiger partial charge is 0.379 e. The Bertz CT molecular complexity index is 921. The number of tetrazole rings is 1. The maximum Gasteiger partial charge on any atom is 0.193 e. The number of rotatable bonds is 5. The number of aromatic nitrogens is 5. The molecule has 0 radical (unpaired) electrons. The van der Waals surface area contributed by atoms with Crippen LogP contribution in [0.3, 0.4) is 0 Å². The van der Waals surface area contributed by atoms with Gasteiger partial charge in [-0.15, -0.1) is 5.10 Å². The van der Waals surface area contributed by atoms with E-state index < -0.39 is 9.84 Å². The second-order valence-electron chi connectivity index (χ2n) is 7.75. The summed E-state index contributed by atoms with van der Waals surface area (Å²) in [4.78, 5) is 8.85. The van der Waals surface area contributed by atoms with Gasteiger partial charge in [0.25, 0.3) is 0 Å². The first-order chi connectivity index (χ1) is 13.9. The monoisotopic (exact) mass is 421 g/mol. The van der Waals surface area contributed by atoms with E-state index in [0.29, 0.717) is 23.3 Å². The van der Waals surface area contributed by atoms with E-state index in [0.717, 1.165) is 64.2 Å². The van der Waals surface area contributed by atoms with Crippen LogP contribution in [0.15, 0.2) is 17.3 Å². The molecule has 158 valence electrons. The van der Waals surface area contributed by atoms with Crippen LogP contribution in [0.1, 0.15) is 19.8 Å². The van der Waals surface area contributed by atoms with Crippen LogP contribution in [0, 0.1) is 5.92 Å². The van der Waals surface area contributed by atoms with Crippen molar-refractivity contribution >= 4 is 15.5 Å². The third-order valence-corrected chi connectivity index (χ3v) is 7.02. The standard InChI is InChI=1S/C18H27N7O3S/c1-13(24-9-11-28-12-10-24)14-4-7-25(8-5-14)15-3-6-19-18(29(2,26)27)16(15)17-20-22-23-21-17/h3,6,13-14H,4-5,7-12H2,1-2H3,(H,20,21,22,23). The minimum atomic E-state index is -3.53. The molecule has 1 atom stereocenters. The zero-order chi connectivity index (χ0) is 20.4. The fraction of sp³-hybridized carbons (Fsp3) is 0.667. The number of morpholine rings is 1. The quantitative estimate of drug-likeness (QED) is 0.740. The summed E-state index contributed by atoms with van der Waals surface area (Å²) in [5.74, 6) is 0.924. The highest BCUT2D eigenvalue weighted by Crippen LogP contribution is 2.36. The smallest absolute Gasteiger partial charge is 0.193 e. The molecule has 4 rings (SSSR count). The van der Waals surface area contributed by atoms with Crippen LogP contribution in [-0.4, -0.2) is 90.6 Å². The normalized spacial score (nSPS) is 20.7. The summed E-state index contributed by atoms with van der Waals surface area (Å²) in [6.07, 6.45) is 4.79. The van der Waals surface area contributed by atoms with Gasteiger partial charge in [-0.2, -0.15) is 0 Å². The highest BCUT2D eigenvalue weighted by atomic mass is 32.2. The number of piperidine rings is 1. The summed E-state index contributed by atoms with van der Waals surface area (Å²) in [7, 11) is -3.53. The highest BCUT2D eigenvalue weighted by Gasteiger charge is 2.31. The lowest BCUT2D eigenvalue weighted by Gasteiger charge is -2.41. The molecule has 29 heavy (non-hydrogen) atoms. The number of H-pyrrole nitrogens is 1. The number of nitrogens with zero attached hydrogens (tertiary/aromatic N) is 6. The van der Waals surface area contributed by atoms with Crippen molar-refractivity contribution in [2.24, 2.45) is 5.92 Å². The van der Waals surface area contributed by atoms with Gasteiger partial charge in [-0.05, 0) is 42.2 Å². The van der Waals surface area contributed by atoms with E-state index in [1.807, 2.05) is 6.07 Å². The molecule has 2 saturated heterocycles. The van der Waals surface area contributed by atoms with Crippen LogP contribution in [0.5, 0.6) is 0 Å². The molecule has 2 aliphatic heterocycles. The van der Waals surface area contributed by atoms with Gasteiger partial charge in [0, 0.05) is 44.7 Å². The number of sulfone groups is 1. The summed E-state index contributed by atoms with van der Waals surface area (Å²) in [5.41, 5.74) is 1.25.